The van der Waals surface area contributed by atoms with Crippen LogP contribution in [0.25, 0.3) is 21.8 Å². The molecule has 7 heteroatoms. The molecule has 25 heavy (non-hydrogen) atoms. The second-order valence-corrected chi connectivity index (χ2v) is 6.31. The summed E-state index contributed by atoms with van der Waals surface area (Å²) in [7, 11) is 3.66. The number of nitrogens with zero attached hydrogens (tertiary/aromatic N) is 4. The zero-order valence-corrected chi connectivity index (χ0v) is 14.7. The molecule has 1 aromatic carbocycles. The number of hydrogen-bond acceptors (Lipinski definition) is 5. The molecule has 0 spiro atoms. The van der Waals surface area contributed by atoms with Gasteiger partial charge in [0.1, 0.15) is 22.9 Å². The highest BCUT2D eigenvalue weighted by Crippen LogP contribution is 2.35. The molecule has 3 aromatic heterocycles. The van der Waals surface area contributed by atoms with Crippen LogP contribution in [0.2, 0.25) is 0 Å². The Bertz CT molecular complexity index is 1060. The largest absolute Gasteiger partial charge is 0.496 e. The number of rotatable bonds is 4. The number of fused-ring (bicyclic) bond motifs is 3. The maximum atomic E-state index is 5.50. The van der Waals surface area contributed by atoms with Crippen LogP contribution in [0.15, 0.2) is 30.6 Å². The van der Waals surface area contributed by atoms with Crippen LogP contribution in [-0.4, -0.2) is 31.8 Å². The summed E-state index contributed by atoms with van der Waals surface area (Å²) >= 11 is 0. The molecule has 3 heterocycles. The Morgan fingerprint density at radius 3 is 2.80 bits per heavy atom. The molecule has 0 aliphatic rings. The molecule has 0 aliphatic heterocycles. The molecule has 0 radical (unpaired) electrons. The Balaban J connectivity index is 1.89. The van der Waals surface area contributed by atoms with E-state index in [-0.39, 0.29) is 0 Å². The van der Waals surface area contributed by atoms with E-state index < -0.39 is 0 Å². The Hall–Kier alpha value is -3.09. The first-order chi connectivity index (χ1) is 12.1. The molecule has 0 fully saturated rings. The van der Waals surface area contributed by atoms with Gasteiger partial charge in [0.05, 0.1) is 30.4 Å². The van der Waals surface area contributed by atoms with Crippen molar-refractivity contribution in [2.75, 3.05) is 12.4 Å². The summed E-state index contributed by atoms with van der Waals surface area (Å²) in [6.07, 6.45) is 3.63. The number of ether oxygens (including phenoxy) is 1. The number of methoxy groups -OCH3 is 1. The number of aromatic nitrogens is 5. The standard InChI is InChI=1S/C18H20N6O/c1-10(2)18-19-9-14(24(18)3)22-17-16-11(8-20-23-16)15-12(21-17)6-5-7-13(15)25-4/h5-10H,1-4H3,(H,20,23)(H,21,22). The summed E-state index contributed by atoms with van der Waals surface area (Å²) in [4.78, 5) is 9.27. The molecule has 7 nitrogen and oxygen atoms in total. The van der Waals surface area contributed by atoms with E-state index >= 15 is 0 Å². The minimum atomic E-state index is 0.349. The first-order valence-electron chi connectivity index (χ1n) is 8.18. The molecule has 0 amide bonds. The molecule has 0 saturated carbocycles. The summed E-state index contributed by atoms with van der Waals surface area (Å²) < 4.78 is 7.54. The van der Waals surface area contributed by atoms with Gasteiger partial charge < -0.3 is 14.6 Å². The molecule has 0 aliphatic carbocycles. The van der Waals surface area contributed by atoms with Crippen LogP contribution in [0.1, 0.15) is 25.6 Å². The highest BCUT2D eigenvalue weighted by Gasteiger charge is 2.16. The highest BCUT2D eigenvalue weighted by atomic mass is 16.5. The Morgan fingerprint density at radius 2 is 2.08 bits per heavy atom. The number of H-pyrrole nitrogens is 1. The van der Waals surface area contributed by atoms with Gasteiger partial charge >= 0.3 is 0 Å². The van der Waals surface area contributed by atoms with E-state index in [2.05, 4.69) is 34.3 Å². The van der Waals surface area contributed by atoms with Crippen LogP contribution < -0.4 is 10.1 Å². The van der Waals surface area contributed by atoms with Crippen molar-refractivity contribution in [2.24, 2.45) is 7.05 Å². The lowest BCUT2D eigenvalue weighted by atomic mass is 10.1. The number of imidazole rings is 1. The Kier molecular flexibility index (Phi) is 3.56. The normalized spacial score (nSPS) is 11.6. The van der Waals surface area contributed by atoms with Gasteiger partial charge in [0.2, 0.25) is 0 Å². The van der Waals surface area contributed by atoms with Gasteiger partial charge in [-0.25, -0.2) is 9.97 Å². The summed E-state index contributed by atoms with van der Waals surface area (Å²) in [5.74, 6) is 3.75. The van der Waals surface area contributed by atoms with Crippen LogP contribution >= 0.6 is 0 Å². The van der Waals surface area contributed by atoms with E-state index in [1.54, 1.807) is 13.3 Å². The number of nitrogens with one attached hydrogen (secondary N) is 2. The Morgan fingerprint density at radius 1 is 1.24 bits per heavy atom. The maximum absolute atomic E-state index is 5.50. The first kappa shape index (κ1) is 15.4. The number of anilines is 2. The first-order valence-corrected chi connectivity index (χ1v) is 8.18. The predicted molar refractivity (Wildman–Crippen MR) is 98.5 cm³/mol. The summed E-state index contributed by atoms with van der Waals surface area (Å²) in [5, 5.41) is 12.5. The fourth-order valence-electron chi connectivity index (χ4n) is 3.17. The van der Waals surface area contributed by atoms with Crippen LogP contribution in [0.3, 0.4) is 0 Å². The predicted octanol–water partition coefficient (Wildman–Crippen LogP) is 3.72. The molecule has 2 N–H and O–H groups in total. The molecule has 0 bridgehead atoms. The van der Waals surface area contributed by atoms with Crippen LogP contribution in [0, 0.1) is 0 Å². The van der Waals surface area contributed by atoms with Gasteiger partial charge in [-0.3, -0.25) is 5.10 Å². The van der Waals surface area contributed by atoms with Gasteiger partial charge in [-0.1, -0.05) is 19.9 Å². The van der Waals surface area contributed by atoms with E-state index in [1.165, 1.54) is 0 Å². The lowest BCUT2D eigenvalue weighted by molar-refractivity contribution is 0.420. The quantitative estimate of drug-likeness (QED) is 0.594. The molecule has 128 valence electrons. The number of benzene rings is 1. The second-order valence-electron chi connectivity index (χ2n) is 6.31. The lowest BCUT2D eigenvalue weighted by Gasteiger charge is -2.12. The van der Waals surface area contributed by atoms with Gasteiger partial charge in [-0.05, 0) is 12.1 Å². The molecule has 0 atom stereocenters. The lowest BCUT2D eigenvalue weighted by Crippen LogP contribution is -2.05. The fraction of sp³-hybridized carbons (Fsp3) is 0.278. The van der Waals surface area contributed by atoms with Crippen LogP contribution in [-0.2, 0) is 7.05 Å². The van der Waals surface area contributed by atoms with Crippen molar-refractivity contribution < 1.29 is 4.74 Å². The molecular formula is C18H20N6O. The average Bonchev–Trinajstić information content (AvgIpc) is 3.22. The maximum Gasteiger partial charge on any atom is 0.158 e. The minimum absolute atomic E-state index is 0.349. The average molecular weight is 336 g/mol. The molecule has 4 aromatic rings. The highest BCUT2D eigenvalue weighted by molar-refractivity contribution is 6.11. The summed E-state index contributed by atoms with van der Waals surface area (Å²) in [6.45, 7) is 4.25. The van der Waals surface area contributed by atoms with Crippen molar-refractivity contribution in [3.63, 3.8) is 0 Å². The van der Waals surface area contributed by atoms with E-state index in [1.807, 2.05) is 36.0 Å². The van der Waals surface area contributed by atoms with Crippen molar-refractivity contribution in [3.05, 3.63) is 36.4 Å². The fourth-order valence-corrected chi connectivity index (χ4v) is 3.17. The van der Waals surface area contributed by atoms with Crippen molar-refractivity contribution in [2.45, 2.75) is 19.8 Å². The zero-order chi connectivity index (χ0) is 17.6. The van der Waals surface area contributed by atoms with Gasteiger partial charge in [-0.2, -0.15) is 5.10 Å². The summed E-state index contributed by atoms with van der Waals surface area (Å²) in [6, 6.07) is 5.84. The van der Waals surface area contributed by atoms with Crippen molar-refractivity contribution >= 4 is 33.4 Å². The van der Waals surface area contributed by atoms with E-state index in [4.69, 9.17) is 9.72 Å². The van der Waals surface area contributed by atoms with Gasteiger partial charge in [-0.15, -0.1) is 0 Å². The third-order valence-corrected chi connectivity index (χ3v) is 4.39. The van der Waals surface area contributed by atoms with Crippen LogP contribution in [0.4, 0.5) is 11.6 Å². The molecule has 4 rings (SSSR count). The number of aromatic amines is 1. The third kappa shape index (κ3) is 2.39. The van der Waals surface area contributed by atoms with Crippen LogP contribution in [0.5, 0.6) is 5.75 Å². The van der Waals surface area contributed by atoms with E-state index in [0.29, 0.717) is 11.7 Å². The smallest absolute Gasteiger partial charge is 0.158 e. The molecule has 0 unspecified atom stereocenters. The Labute approximate surface area is 145 Å². The van der Waals surface area contributed by atoms with Gasteiger partial charge in [0.25, 0.3) is 0 Å². The number of pyridine rings is 1. The zero-order valence-electron chi connectivity index (χ0n) is 14.7. The monoisotopic (exact) mass is 336 g/mol. The third-order valence-electron chi connectivity index (χ3n) is 4.39. The van der Waals surface area contributed by atoms with Crippen molar-refractivity contribution in [3.8, 4) is 5.75 Å². The topological polar surface area (TPSA) is 80.6 Å². The van der Waals surface area contributed by atoms with Crippen molar-refractivity contribution in [1.82, 2.24) is 24.7 Å². The number of hydrogen-bond donors (Lipinski definition) is 2. The van der Waals surface area contributed by atoms with E-state index in [0.717, 1.165) is 39.2 Å². The SMILES string of the molecule is COc1cccc2nc(Nc3cnc(C(C)C)n3C)c3[nH]ncc3c12. The molecular weight excluding hydrogens is 316 g/mol. The van der Waals surface area contributed by atoms with Gasteiger partial charge in [0, 0.05) is 18.4 Å². The van der Waals surface area contributed by atoms with E-state index in [9.17, 15) is 0 Å². The van der Waals surface area contributed by atoms with Gasteiger partial charge in [0.15, 0.2) is 5.82 Å². The van der Waals surface area contributed by atoms with Crippen molar-refractivity contribution in [1.29, 1.82) is 0 Å². The molecule has 0 saturated heterocycles. The minimum Gasteiger partial charge on any atom is -0.496 e. The summed E-state index contributed by atoms with van der Waals surface area (Å²) in [5.41, 5.74) is 1.69. The second kappa shape index (κ2) is 5.77.